The van der Waals surface area contributed by atoms with Crippen LogP contribution in [-0.2, 0) is 27.6 Å². The molecule has 10 nitrogen and oxygen atoms in total. The predicted octanol–water partition coefficient (Wildman–Crippen LogP) is 2.26. The van der Waals surface area contributed by atoms with Crippen molar-refractivity contribution in [2.24, 2.45) is 5.84 Å². The molecule has 4 N–H and O–H groups in total. The molecule has 10 heteroatoms. The van der Waals surface area contributed by atoms with Gasteiger partial charge in [0.1, 0.15) is 19.3 Å². The Morgan fingerprint density at radius 1 is 1.00 bits per heavy atom. The molecule has 3 rings (SSSR count). The molecule has 32 heavy (non-hydrogen) atoms. The van der Waals surface area contributed by atoms with Gasteiger partial charge in [-0.3, -0.25) is 20.0 Å². The van der Waals surface area contributed by atoms with E-state index in [-0.39, 0.29) is 26.2 Å². The molecule has 0 aromatic heterocycles. The topological polar surface area (TPSA) is 134 Å². The van der Waals surface area contributed by atoms with Crippen molar-refractivity contribution in [3.05, 3.63) is 71.8 Å². The quantitative estimate of drug-likeness (QED) is 0.340. The largest absolute Gasteiger partial charge is 0.465 e. The molecule has 1 heterocycles. The minimum Gasteiger partial charge on any atom is -0.465 e. The van der Waals surface area contributed by atoms with Gasteiger partial charge < -0.3 is 9.84 Å². The third kappa shape index (κ3) is 5.96. The Kier molecular flexibility index (Phi) is 8.01. The lowest BCUT2D eigenvalue weighted by Crippen LogP contribution is -2.59. The summed E-state index contributed by atoms with van der Waals surface area (Å²) in [6.07, 6.45) is -1.51. The van der Waals surface area contributed by atoms with Gasteiger partial charge in [0.05, 0.1) is 6.04 Å². The maximum absolute atomic E-state index is 12.9. The molecule has 0 unspecified atom stereocenters. The lowest BCUT2D eigenvalue weighted by atomic mass is 9.98. The third-order valence-electron chi connectivity index (χ3n) is 5.18. The fourth-order valence-corrected chi connectivity index (χ4v) is 3.53. The van der Waals surface area contributed by atoms with Crippen molar-refractivity contribution >= 4 is 18.1 Å². The van der Waals surface area contributed by atoms with E-state index >= 15 is 0 Å². The summed E-state index contributed by atoms with van der Waals surface area (Å²) in [5, 5.41) is 10.7. The molecule has 0 saturated carbocycles. The fourth-order valence-electron chi connectivity index (χ4n) is 3.53. The summed E-state index contributed by atoms with van der Waals surface area (Å²) in [6, 6.07) is 16.9. The van der Waals surface area contributed by atoms with Crippen LogP contribution in [0.1, 0.15) is 24.0 Å². The highest BCUT2D eigenvalue weighted by Crippen LogP contribution is 2.24. The molecular weight excluding hydrogens is 416 g/mol. The second-order valence-corrected chi connectivity index (χ2v) is 7.32. The molecular formula is C22H26N4O6. The first-order chi connectivity index (χ1) is 15.5. The van der Waals surface area contributed by atoms with Crippen LogP contribution in [0, 0.1) is 0 Å². The van der Waals surface area contributed by atoms with Gasteiger partial charge in [0, 0.05) is 6.54 Å². The van der Waals surface area contributed by atoms with Gasteiger partial charge in [-0.05, 0) is 24.0 Å². The monoisotopic (exact) mass is 442 g/mol. The van der Waals surface area contributed by atoms with E-state index in [1.807, 2.05) is 66.1 Å². The highest BCUT2D eigenvalue weighted by Gasteiger charge is 2.40. The number of hydrazine groups is 1. The number of hydrogen-bond donors (Lipinski definition) is 3. The molecule has 3 amide bonds. The van der Waals surface area contributed by atoms with Crippen LogP contribution < -0.4 is 11.3 Å². The molecule has 0 bridgehead atoms. The first kappa shape index (κ1) is 23.0. The Bertz CT molecular complexity index is 911. The highest BCUT2D eigenvalue weighted by molar-refractivity contribution is 5.85. The predicted molar refractivity (Wildman–Crippen MR) is 114 cm³/mol. The fraction of sp³-hybridized carbons (Fsp3) is 0.318. The number of nitrogens with zero attached hydrogens (tertiary/aromatic N) is 2. The average molecular weight is 442 g/mol. The number of benzene rings is 2. The van der Waals surface area contributed by atoms with E-state index in [9.17, 15) is 19.5 Å². The number of likely N-dealkylation sites (tertiary alicyclic amines) is 1. The Balaban J connectivity index is 1.73. The van der Waals surface area contributed by atoms with Gasteiger partial charge in [-0.25, -0.2) is 15.4 Å². The summed E-state index contributed by atoms with van der Waals surface area (Å²) in [7, 11) is 0. The smallest absolute Gasteiger partial charge is 0.434 e. The zero-order chi connectivity index (χ0) is 22.9. The number of ether oxygens (including phenoxy) is 1. The first-order valence-corrected chi connectivity index (χ1v) is 10.2. The number of nitrogens with two attached hydrogens (primary N) is 1. The van der Waals surface area contributed by atoms with Gasteiger partial charge in [-0.15, -0.1) is 0 Å². The number of hydroxylamine groups is 2. The molecule has 0 aliphatic carbocycles. The molecule has 1 saturated heterocycles. The SMILES string of the molecule is NNC(=O)[C@H]1CC[C@H](N(OCc2ccccc2)C(=O)OCc2ccccc2)CN1C(=O)O. The van der Waals surface area contributed by atoms with Crippen LogP contribution >= 0.6 is 0 Å². The van der Waals surface area contributed by atoms with Crippen LogP contribution in [0.4, 0.5) is 9.59 Å². The second kappa shape index (κ2) is 11.1. The zero-order valence-electron chi connectivity index (χ0n) is 17.4. The van der Waals surface area contributed by atoms with E-state index in [4.69, 9.17) is 15.4 Å². The summed E-state index contributed by atoms with van der Waals surface area (Å²) >= 11 is 0. The number of hydrogen-bond acceptors (Lipinski definition) is 6. The van der Waals surface area contributed by atoms with Crippen molar-refractivity contribution in [3.8, 4) is 0 Å². The van der Waals surface area contributed by atoms with Crippen molar-refractivity contribution in [1.82, 2.24) is 15.4 Å². The van der Waals surface area contributed by atoms with Crippen molar-refractivity contribution in [1.29, 1.82) is 0 Å². The van der Waals surface area contributed by atoms with Crippen LogP contribution in [0.25, 0.3) is 0 Å². The van der Waals surface area contributed by atoms with E-state index in [0.717, 1.165) is 21.1 Å². The molecule has 2 atom stereocenters. The van der Waals surface area contributed by atoms with Crippen LogP contribution in [-0.4, -0.2) is 51.8 Å². The van der Waals surface area contributed by atoms with E-state index in [1.165, 1.54) is 0 Å². The summed E-state index contributed by atoms with van der Waals surface area (Å²) < 4.78 is 5.42. The summed E-state index contributed by atoms with van der Waals surface area (Å²) in [4.78, 5) is 43.4. The maximum atomic E-state index is 12.9. The molecule has 2 aromatic carbocycles. The van der Waals surface area contributed by atoms with Crippen molar-refractivity contribution < 1.29 is 29.1 Å². The Labute approximate surface area is 185 Å². The lowest BCUT2D eigenvalue weighted by molar-refractivity contribution is -0.182. The molecule has 170 valence electrons. The number of carboxylic acid groups (broad SMARTS) is 1. The number of piperidine rings is 1. The zero-order valence-corrected chi connectivity index (χ0v) is 17.4. The lowest BCUT2D eigenvalue weighted by Gasteiger charge is -2.40. The van der Waals surface area contributed by atoms with Crippen LogP contribution in [0.2, 0.25) is 0 Å². The highest BCUT2D eigenvalue weighted by atomic mass is 16.7. The van der Waals surface area contributed by atoms with Crippen LogP contribution in [0.15, 0.2) is 60.7 Å². The minimum absolute atomic E-state index is 0.0401. The molecule has 0 radical (unpaired) electrons. The van der Waals surface area contributed by atoms with Crippen molar-refractivity contribution in [2.45, 2.75) is 38.1 Å². The van der Waals surface area contributed by atoms with Crippen LogP contribution in [0.5, 0.6) is 0 Å². The van der Waals surface area contributed by atoms with Gasteiger partial charge in [-0.2, -0.15) is 5.06 Å². The normalized spacial score (nSPS) is 18.0. The van der Waals surface area contributed by atoms with Gasteiger partial charge in [-0.1, -0.05) is 60.7 Å². The Morgan fingerprint density at radius 2 is 1.59 bits per heavy atom. The van der Waals surface area contributed by atoms with E-state index in [0.29, 0.717) is 6.42 Å². The van der Waals surface area contributed by atoms with Gasteiger partial charge in [0.15, 0.2) is 0 Å². The molecule has 2 aromatic rings. The van der Waals surface area contributed by atoms with Crippen LogP contribution in [0.3, 0.4) is 0 Å². The third-order valence-corrected chi connectivity index (χ3v) is 5.18. The molecule has 1 aliphatic heterocycles. The minimum atomic E-state index is -1.29. The van der Waals surface area contributed by atoms with E-state index in [1.54, 1.807) is 0 Å². The van der Waals surface area contributed by atoms with Crippen molar-refractivity contribution in [2.75, 3.05) is 6.54 Å². The maximum Gasteiger partial charge on any atom is 0.434 e. The van der Waals surface area contributed by atoms with Gasteiger partial charge in [0.2, 0.25) is 0 Å². The Morgan fingerprint density at radius 3 is 2.16 bits per heavy atom. The Hall–Kier alpha value is -3.63. The number of carbonyl (C=O) groups is 3. The first-order valence-electron chi connectivity index (χ1n) is 10.2. The van der Waals surface area contributed by atoms with E-state index in [2.05, 4.69) is 0 Å². The molecule has 0 spiro atoms. The average Bonchev–Trinajstić information content (AvgIpc) is 2.83. The summed E-state index contributed by atoms with van der Waals surface area (Å²) in [5.74, 6) is 4.58. The number of carbonyl (C=O) groups excluding carboxylic acids is 2. The molecule has 1 aliphatic rings. The number of amides is 3. The van der Waals surface area contributed by atoms with Gasteiger partial charge in [0.25, 0.3) is 5.91 Å². The summed E-state index contributed by atoms with van der Waals surface area (Å²) in [6.45, 7) is 0.0125. The number of rotatable bonds is 7. The van der Waals surface area contributed by atoms with Gasteiger partial charge >= 0.3 is 12.2 Å². The standard InChI is InChI=1S/C22H26N4O6/c23-24-20(27)19-12-11-18(13-25(19)21(28)29)26(32-15-17-9-5-2-6-10-17)22(30)31-14-16-7-3-1-4-8-16/h1-10,18-19H,11-15,23H2,(H,24,27)(H,28,29)/t18-,19+/m0/s1. The van der Waals surface area contributed by atoms with Crippen molar-refractivity contribution in [3.63, 3.8) is 0 Å². The van der Waals surface area contributed by atoms with E-state index < -0.39 is 30.2 Å². The number of nitrogens with one attached hydrogen (secondary N) is 1. The summed E-state index contributed by atoms with van der Waals surface area (Å²) in [5.41, 5.74) is 3.63. The second-order valence-electron chi connectivity index (χ2n) is 7.32. The molecule has 1 fully saturated rings.